The van der Waals surface area contributed by atoms with Crippen LogP contribution < -0.4 is 10.1 Å². The van der Waals surface area contributed by atoms with Crippen LogP contribution in [-0.2, 0) is 0 Å². The fourth-order valence-corrected chi connectivity index (χ4v) is 2.76. The standard InChI is InChI=1S/C16H19N3O3/c1-22-14-5-4-10(9-18-14)15(11-7-12(20)8-11)19-16(21)13-3-2-6-17-13/h2-6,9,11-12,15,17,20H,7-8H2,1H3,(H,19,21). The summed E-state index contributed by atoms with van der Waals surface area (Å²) in [5, 5.41) is 12.6. The van der Waals surface area contributed by atoms with Gasteiger partial charge in [0, 0.05) is 18.5 Å². The van der Waals surface area contributed by atoms with Gasteiger partial charge in [-0.3, -0.25) is 4.79 Å². The van der Waals surface area contributed by atoms with Crippen molar-refractivity contribution in [2.24, 2.45) is 5.92 Å². The zero-order valence-corrected chi connectivity index (χ0v) is 12.3. The molecule has 1 amide bonds. The number of H-pyrrole nitrogens is 1. The monoisotopic (exact) mass is 301 g/mol. The van der Waals surface area contributed by atoms with Gasteiger partial charge >= 0.3 is 0 Å². The SMILES string of the molecule is COc1ccc(C(NC(=O)c2ccc[nH]2)C2CC(O)C2)cn1. The van der Waals surface area contributed by atoms with Gasteiger partial charge in [0.15, 0.2) is 0 Å². The predicted molar refractivity (Wildman–Crippen MR) is 80.5 cm³/mol. The van der Waals surface area contributed by atoms with E-state index in [-0.39, 0.29) is 24.0 Å². The highest BCUT2D eigenvalue weighted by Crippen LogP contribution is 2.38. The van der Waals surface area contributed by atoms with Crippen LogP contribution >= 0.6 is 0 Å². The maximum Gasteiger partial charge on any atom is 0.268 e. The molecule has 2 aromatic rings. The molecule has 1 fully saturated rings. The number of ether oxygens (including phenoxy) is 1. The first-order chi connectivity index (χ1) is 10.7. The number of carbonyl (C=O) groups is 1. The number of aromatic amines is 1. The summed E-state index contributed by atoms with van der Waals surface area (Å²) in [4.78, 5) is 19.4. The highest BCUT2D eigenvalue weighted by Gasteiger charge is 2.36. The fraction of sp³-hybridized carbons (Fsp3) is 0.375. The molecule has 0 bridgehead atoms. The Balaban J connectivity index is 1.78. The van der Waals surface area contributed by atoms with E-state index in [1.807, 2.05) is 6.07 Å². The summed E-state index contributed by atoms with van der Waals surface area (Å²) in [6.07, 6.45) is 4.51. The highest BCUT2D eigenvalue weighted by atomic mass is 16.5. The number of nitrogens with zero attached hydrogens (tertiary/aromatic N) is 1. The molecule has 3 rings (SSSR count). The van der Waals surface area contributed by atoms with Crippen LogP contribution in [0, 0.1) is 5.92 Å². The summed E-state index contributed by atoms with van der Waals surface area (Å²) in [6, 6.07) is 7.02. The lowest BCUT2D eigenvalue weighted by molar-refractivity contribution is 0.0234. The van der Waals surface area contributed by atoms with Gasteiger partial charge in [-0.1, -0.05) is 6.07 Å². The van der Waals surface area contributed by atoms with Crippen molar-refractivity contribution in [1.29, 1.82) is 0 Å². The molecule has 1 aliphatic carbocycles. The number of nitrogens with one attached hydrogen (secondary N) is 2. The summed E-state index contributed by atoms with van der Waals surface area (Å²) >= 11 is 0. The van der Waals surface area contributed by atoms with Gasteiger partial charge in [-0.05, 0) is 36.5 Å². The Bertz CT molecular complexity index is 619. The lowest BCUT2D eigenvalue weighted by Gasteiger charge is -2.38. The van der Waals surface area contributed by atoms with Crippen LogP contribution in [0.5, 0.6) is 5.88 Å². The van der Waals surface area contributed by atoms with Crippen LogP contribution in [0.4, 0.5) is 0 Å². The largest absolute Gasteiger partial charge is 0.481 e. The smallest absolute Gasteiger partial charge is 0.268 e. The summed E-state index contributed by atoms with van der Waals surface area (Å²) in [6.45, 7) is 0. The molecule has 116 valence electrons. The lowest BCUT2D eigenvalue weighted by Crippen LogP contribution is -2.41. The summed E-state index contributed by atoms with van der Waals surface area (Å²) in [7, 11) is 1.56. The number of hydrogen-bond acceptors (Lipinski definition) is 4. The number of amides is 1. The zero-order valence-electron chi connectivity index (χ0n) is 12.3. The Morgan fingerprint density at radius 1 is 1.45 bits per heavy atom. The molecule has 1 unspecified atom stereocenters. The molecule has 2 aromatic heterocycles. The Hall–Kier alpha value is -2.34. The topological polar surface area (TPSA) is 87.2 Å². The molecule has 6 heteroatoms. The quantitative estimate of drug-likeness (QED) is 0.784. The summed E-state index contributed by atoms with van der Waals surface area (Å²) in [5.74, 6) is 0.586. The molecule has 0 aliphatic heterocycles. The number of rotatable bonds is 5. The minimum absolute atomic E-state index is 0.160. The molecule has 0 aromatic carbocycles. The van der Waals surface area contributed by atoms with E-state index in [0.717, 1.165) is 5.56 Å². The van der Waals surface area contributed by atoms with E-state index in [1.54, 1.807) is 37.7 Å². The maximum atomic E-state index is 12.3. The van der Waals surface area contributed by atoms with Crippen molar-refractivity contribution in [3.63, 3.8) is 0 Å². The molecule has 6 nitrogen and oxygen atoms in total. The lowest BCUT2D eigenvalue weighted by atomic mass is 9.75. The van der Waals surface area contributed by atoms with Crippen molar-refractivity contribution in [1.82, 2.24) is 15.3 Å². The van der Waals surface area contributed by atoms with Crippen molar-refractivity contribution in [2.75, 3.05) is 7.11 Å². The van der Waals surface area contributed by atoms with E-state index in [1.165, 1.54) is 0 Å². The second kappa shape index (κ2) is 6.19. The van der Waals surface area contributed by atoms with Crippen LogP contribution in [0.1, 0.15) is 34.9 Å². The van der Waals surface area contributed by atoms with Gasteiger partial charge in [0.2, 0.25) is 5.88 Å². The minimum Gasteiger partial charge on any atom is -0.481 e. The second-order valence-corrected chi connectivity index (χ2v) is 5.55. The molecule has 3 N–H and O–H groups in total. The molecule has 0 saturated heterocycles. The van der Waals surface area contributed by atoms with Crippen molar-refractivity contribution in [3.05, 3.63) is 47.9 Å². The van der Waals surface area contributed by atoms with Crippen LogP contribution in [0.25, 0.3) is 0 Å². The normalized spacial score (nSPS) is 21.7. The van der Waals surface area contributed by atoms with E-state index in [9.17, 15) is 9.90 Å². The first kappa shape index (κ1) is 14.6. The van der Waals surface area contributed by atoms with Crippen molar-refractivity contribution in [2.45, 2.75) is 25.0 Å². The maximum absolute atomic E-state index is 12.3. The summed E-state index contributed by atoms with van der Waals surface area (Å²) in [5.41, 5.74) is 1.43. The number of hydrogen-bond donors (Lipinski definition) is 3. The van der Waals surface area contributed by atoms with Gasteiger partial charge in [-0.2, -0.15) is 0 Å². The second-order valence-electron chi connectivity index (χ2n) is 5.55. The van der Waals surface area contributed by atoms with Gasteiger partial charge < -0.3 is 20.1 Å². The minimum atomic E-state index is -0.277. The summed E-state index contributed by atoms with van der Waals surface area (Å²) < 4.78 is 5.06. The van der Waals surface area contributed by atoms with Gasteiger partial charge in [0.05, 0.1) is 19.3 Å². The Morgan fingerprint density at radius 3 is 2.82 bits per heavy atom. The third kappa shape index (κ3) is 2.96. The highest BCUT2D eigenvalue weighted by molar-refractivity contribution is 5.92. The van der Waals surface area contributed by atoms with Crippen LogP contribution in [0.15, 0.2) is 36.7 Å². The molecule has 1 atom stereocenters. The molecule has 1 saturated carbocycles. The van der Waals surface area contributed by atoms with Gasteiger partial charge in [-0.15, -0.1) is 0 Å². The zero-order chi connectivity index (χ0) is 15.5. The Kier molecular flexibility index (Phi) is 4.11. The van der Waals surface area contributed by atoms with Gasteiger partial charge in [0.25, 0.3) is 5.91 Å². The van der Waals surface area contributed by atoms with Crippen molar-refractivity contribution < 1.29 is 14.6 Å². The Morgan fingerprint density at radius 2 is 2.27 bits per heavy atom. The molecule has 22 heavy (non-hydrogen) atoms. The molecular weight excluding hydrogens is 282 g/mol. The first-order valence-corrected chi connectivity index (χ1v) is 7.29. The third-order valence-corrected chi connectivity index (χ3v) is 4.08. The fourth-order valence-electron chi connectivity index (χ4n) is 2.76. The molecular formula is C16H19N3O3. The van der Waals surface area contributed by atoms with Crippen molar-refractivity contribution in [3.8, 4) is 5.88 Å². The number of methoxy groups -OCH3 is 1. The van der Waals surface area contributed by atoms with Gasteiger partial charge in [0.1, 0.15) is 5.69 Å². The average molecular weight is 301 g/mol. The molecule has 2 heterocycles. The van der Waals surface area contributed by atoms with Crippen LogP contribution in [0.3, 0.4) is 0 Å². The van der Waals surface area contributed by atoms with E-state index in [2.05, 4.69) is 15.3 Å². The average Bonchev–Trinajstić information content (AvgIpc) is 3.04. The number of carbonyl (C=O) groups excluding carboxylic acids is 1. The van der Waals surface area contributed by atoms with E-state index >= 15 is 0 Å². The number of aromatic nitrogens is 2. The molecule has 1 aliphatic rings. The number of aliphatic hydroxyl groups excluding tert-OH is 1. The Labute approximate surface area is 128 Å². The third-order valence-electron chi connectivity index (χ3n) is 4.08. The molecule has 0 radical (unpaired) electrons. The van der Waals surface area contributed by atoms with E-state index in [4.69, 9.17) is 4.74 Å². The van der Waals surface area contributed by atoms with Gasteiger partial charge in [-0.25, -0.2) is 4.98 Å². The first-order valence-electron chi connectivity index (χ1n) is 7.29. The number of pyridine rings is 1. The van der Waals surface area contributed by atoms with Crippen LogP contribution in [0.2, 0.25) is 0 Å². The van der Waals surface area contributed by atoms with Crippen molar-refractivity contribution >= 4 is 5.91 Å². The number of aliphatic hydroxyl groups is 1. The predicted octanol–water partition coefficient (Wildman–Crippen LogP) is 1.66. The van der Waals surface area contributed by atoms with E-state index in [0.29, 0.717) is 24.4 Å². The van der Waals surface area contributed by atoms with Crippen LogP contribution in [-0.4, -0.2) is 34.2 Å². The molecule has 0 spiro atoms. The van der Waals surface area contributed by atoms with E-state index < -0.39 is 0 Å².